The molecule has 1 aromatic rings. The zero-order chi connectivity index (χ0) is 17.6. The molecule has 6 heteroatoms. The molecule has 2 heterocycles. The minimum atomic E-state index is -0.179. The second-order valence-electron chi connectivity index (χ2n) is 7.19. The van der Waals surface area contributed by atoms with Gasteiger partial charge in [-0.1, -0.05) is 12.1 Å². The third-order valence-corrected chi connectivity index (χ3v) is 5.26. The molecule has 2 aliphatic heterocycles. The molecule has 2 amide bonds. The monoisotopic (exact) mass is 344 g/mol. The van der Waals surface area contributed by atoms with Crippen molar-refractivity contribution >= 4 is 17.5 Å². The summed E-state index contributed by atoms with van der Waals surface area (Å²) in [6, 6.07) is 8.06. The summed E-state index contributed by atoms with van der Waals surface area (Å²) in [5.41, 5.74) is 7.43. The summed E-state index contributed by atoms with van der Waals surface area (Å²) in [6.07, 6.45) is 3.67. The summed E-state index contributed by atoms with van der Waals surface area (Å²) < 4.78 is 0. The second kappa shape index (κ2) is 8.45. The maximum atomic E-state index is 12.4. The van der Waals surface area contributed by atoms with Crippen LogP contribution in [0.4, 0.5) is 5.69 Å². The van der Waals surface area contributed by atoms with E-state index in [1.165, 1.54) is 5.56 Å². The summed E-state index contributed by atoms with van der Waals surface area (Å²) in [5, 5.41) is 6.33. The maximum Gasteiger partial charge on any atom is 0.228 e. The fourth-order valence-corrected chi connectivity index (χ4v) is 3.70. The number of likely N-dealkylation sites (tertiary alicyclic amines) is 1. The molecule has 0 saturated carbocycles. The first-order valence-electron chi connectivity index (χ1n) is 9.24. The summed E-state index contributed by atoms with van der Waals surface area (Å²) in [7, 11) is 0. The first-order valence-corrected chi connectivity index (χ1v) is 9.24. The first kappa shape index (κ1) is 17.9. The third-order valence-electron chi connectivity index (χ3n) is 5.26. The molecule has 3 rings (SSSR count). The van der Waals surface area contributed by atoms with Crippen molar-refractivity contribution < 1.29 is 9.59 Å². The minimum absolute atomic E-state index is 0.0194. The van der Waals surface area contributed by atoms with Crippen molar-refractivity contribution in [2.75, 3.05) is 31.5 Å². The lowest BCUT2D eigenvalue weighted by atomic mass is 9.96. The Morgan fingerprint density at radius 3 is 2.68 bits per heavy atom. The van der Waals surface area contributed by atoms with Crippen LogP contribution in [-0.4, -0.2) is 42.9 Å². The third kappa shape index (κ3) is 5.03. The Bertz CT molecular complexity index is 605. The van der Waals surface area contributed by atoms with Crippen molar-refractivity contribution in [3.63, 3.8) is 0 Å². The normalized spacial score (nSPS) is 22.5. The van der Waals surface area contributed by atoms with Crippen molar-refractivity contribution in [2.24, 2.45) is 17.6 Å². The average Bonchev–Trinajstić information content (AvgIpc) is 2.63. The van der Waals surface area contributed by atoms with Gasteiger partial charge in [0.15, 0.2) is 0 Å². The van der Waals surface area contributed by atoms with Crippen molar-refractivity contribution in [2.45, 2.75) is 32.2 Å². The van der Waals surface area contributed by atoms with E-state index in [-0.39, 0.29) is 23.7 Å². The summed E-state index contributed by atoms with van der Waals surface area (Å²) >= 11 is 0. The second-order valence-corrected chi connectivity index (χ2v) is 7.19. The van der Waals surface area contributed by atoms with Gasteiger partial charge in [0.2, 0.25) is 11.8 Å². The number of hydrogen-bond donors (Lipinski definition) is 3. The molecule has 2 saturated heterocycles. The minimum Gasteiger partial charge on any atom is -0.369 e. The number of carbonyl (C=O) groups is 2. The van der Waals surface area contributed by atoms with Crippen LogP contribution in [0.3, 0.4) is 0 Å². The van der Waals surface area contributed by atoms with Crippen LogP contribution in [-0.2, 0) is 16.1 Å². The van der Waals surface area contributed by atoms with Gasteiger partial charge in [-0.25, -0.2) is 0 Å². The molecule has 0 aromatic heterocycles. The molecule has 0 spiro atoms. The Balaban J connectivity index is 1.53. The largest absolute Gasteiger partial charge is 0.369 e. The zero-order valence-electron chi connectivity index (χ0n) is 14.7. The number of hydrogen-bond acceptors (Lipinski definition) is 4. The van der Waals surface area contributed by atoms with Crippen LogP contribution in [0.5, 0.6) is 0 Å². The van der Waals surface area contributed by atoms with Gasteiger partial charge in [0, 0.05) is 24.7 Å². The molecule has 0 bridgehead atoms. The number of anilines is 1. The Kier molecular flexibility index (Phi) is 6.04. The lowest BCUT2D eigenvalue weighted by molar-refractivity contribution is -0.123. The van der Waals surface area contributed by atoms with Crippen molar-refractivity contribution in [3.05, 3.63) is 29.8 Å². The standard InChI is InChI=1S/C19H28N4O2/c20-18(24)15-6-9-23(10-7-15)13-14-3-1-5-17(11-14)22-19(25)16-4-2-8-21-12-16/h1,3,5,11,15-16,21H,2,4,6-10,12-13H2,(H2,20,24)(H,22,25). The van der Waals surface area contributed by atoms with Crippen LogP contribution in [0.2, 0.25) is 0 Å². The summed E-state index contributed by atoms with van der Waals surface area (Å²) in [4.78, 5) is 26.0. The molecule has 25 heavy (non-hydrogen) atoms. The van der Waals surface area contributed by atoms with Crippen LogP contribution in [0.1, 0.15) is 31.2 Å². The summed E-state index contributed by atoms with van der Waals surface area (Å²) in [6.45, 7) is 4.38. The predicted molar refractivity (Wildman–Crippen MR) is 97.9 cm³/mol. The Morgan fingerprint density at radius 1 is 1.20 bits per heavy atom. The topological polar surface area (TPSA) is 87.5 Å². The maximum absolute atomic E-state index is 12.4. The van der Waals surface area contributed by atoms with E-state index in [1.54, 1.807) is 0 Å². The van der Waals surface area contributed by atoms with Gasteiger partial charge in [0.1, 0.15) is 0 Å². The van der Waals surface area contributed by atoms with Crippen molar-refractivity contribution in [1.82, 2.24) is 10.2 Å². The number of carbonyl (C=O) groups excluding carboxylic acids is 2. The highest BCUT2D eigenvalue weighted by Crippen LogP contribution is 2.20. The van der Waals surface area contributed by atoms with E-state index in [2.05, 4.69) is 21.6 Å². The van der Waals surface area contributed by atoms with Gasteiger partial charge in [0.05, 0.1) is 5.92 Å². The fourth-order valence-electron chi connectivity index (χ4n) is 3.70. The fraction of sp³-hybridized carbons (Fsp3) is 0.579. The van der Waals surface area contributed by atoms with E-state index >= 15 is 0 Å². The molecule has 2 aliphatic rings. The van der Waals surface area contributed by atoms with Crippen molar-refractivity contribution in [1.29, 1.82) is 0 Å². The lowest BCUT2D eigenvalue weighted by Gasteiger charge is -2.30. The quantitative estimate of drug-likeness (QED) is 0.752. The Labute approximate surface area is 149 Å². The van der Waals surface area contributed by atoms with Crippen LogP contribution in [0.25, 0.3) is 0 Å². The molecule has 1 atom stereocenters. The number of nitrogens with two attached hydrogens (primary N) is 1. The van der Waals surface area contributed by atoms with Gasteiger partial charge in [-0.2, -0.15) is 0 Å². The number of benzene rings is 1. The lowest BCUT2D eigenvalue weighted by Crippen LogP contribution is -2.38. The SMILES string of the molecule is NC(=O)C1CCN(Cc2cccc(NC(=O)C3CCCNC3)c2)CC1. The predicted octanol–water partition coefficient (Wildman–Crippen LogP) is 1.32. The number of piperidine rings is 2. The average molecular weight is 344 g/mol. The molecular weight excluding hydrogens is 316 g/mol. The number of nitrogens with one attached hydrogen (secondary N) is 2. The van der Waals surface area contributed by atoms with Crippen molar-refractivity contribution in [3.8, 4) is 0 Å². The highest BCUT2D eigenvalue weighted by Gasteiger charge is 2.23. The van der Waals surface area contributed by atoms with E-state index in [9.17, 15) is 9.59 Å². The van der Waals surface area contributed by atoms with Gasteiger partial charge in [0.25, 0.3) is 0 Å². The van der Waals surface area contributed by atoms with Gasteiger partial charge in [-0.3, -0.25) is 14.5 Å². The molecule has 0 aliphatic carbocycles. The van der Waals surface area contributed by atoms with Crippen LogP contribution < -0.4 is 16.4 Å². The summed E-state index contributed by atoms with van der Waals surface area (Å²) in [5.74, 6) is 0.00407. The molecular formula is C19H28N4O2. The number of nitrogens with zero attached hydrogens (tertiary/aromatic N) is 1. The van der Waals surface area contributed by atoms with Gasteiger partial charge < -0.3 is 16.4 Å². The van der Waals surface area contributed by atoms with E-state index < -0.39 is 0 Å². The Hall–Kier alpha value is -1.92. The van der Waals surface area contributed by atoms with Crippen LogP contribution in [0.15, 0.2) is 24.3 Å². The van der Waals surface area contributed by atoms with Gasteiger partial charge in [-0.15, -0.1) is 0 Å². The number of primary amides is 1. The molecule has 1 aromatic carbocycles. The van der Waals surface area contributed by atoms with Crippen LogP contribution >= 0.6 is 0 Å². The highest BCUT2D eigenvalue weighted by molar-refractivity contribution is 5.92. The number of rotatable bonds is 5. The Morgan fingerprint density at radius 2 is 2.00 bits per heavy atom. The molecule has 136 valence electrons. The first-order chi connectivity index (χ1) is 12.1. The van der Waals surface area contributed by atoms with Gasteiger partial charge in [-0.05, 0) is 63.0 Å². The highest BCUT2D eigenvalue weighted by atomic mass is 16.2. The molecule has 2 fully saturated rings. The van der Waals surface area contributed by atoms with E-state index in [0.29, 0.717) is 0 Å². The molecule has 4 N–H and O–H groups in total. The number of amides is 2. The van der Waals surface area contributed by atoms with Gasteiger partial charge >= 0.3 is 0 Å². The molecule has 1 unspecified atom stereocenters. The van der Waals surface area contributed by atoms with E-state index in [1.807, 2.05) is 18.2 Å². The molecule has 6 nitrogen and oxygen atoms in total. The smallest absolute Gasteiger partial charge is 0.228 e. The van der Waals surface area contributed by atoms with Crippen LogP contribution in [0, 0.1) is 11.8 Å². The van der Waals surface area contributed by atoms with E-state index in [4.69, 9.17) is 5.73 Å². The van der Waals surface area contributed by atoms with E-state index in [0.717, 1.165) is 64.1 Å². The zero-order valence-corrected chi connectivity index (χ0v) is 14.7. The molecule has 0 radical (unpaired) electrons.